The van der Waals surface area contributed by atoms with Crippen molar-refractivity contribution in [2.24, 2.45) is 0 Å². The Bertz CT molecular complexity index is 835. The number of hydrogen-bond donors (Lipinski definition) is 0. The Morgan fingerprint density at radius 1 is 1.17 bits per heavy atom. The van der Waals surface area contributed by atoms with Crippen LogP contribution in [0.4, 0.5) is 5.69 Å². The van der Waals surface area contributed by atoms with Crippen LogP contribution in [0.15, 0.2) is 66.1 Å². The number of hydrogen-bond acceptors (Lipinski definition) is 4. The van der Waals surface area contributed by atoms with Crippen molar-refractivity contribution in [3.8, 4) is 11.8 Å². The van der Waals surface area contributed by atoms with Crippen molar-refractivity contribution in [2.75, 3.05) is 18.0 Å². The molecule has 0 N–H and O–H groups in total. The molecular weight excluding hydrogens is 324 g/mol. The lowest BCUT2D eigenvalue weighted by molar-refractivity contribution is 0.414. The summed E-state index contributed by atoms with van der Waals surface area (Å²) in [6.07, 6.45) is 1.82. The van der Waals surface area contributed by atoms with Crippen molar-refractivity contribution in [2.45, 2.75) is 11.3 Å². The summed E-state index contributed by atoms with van der Waals surface area (Å²) in [5.74, 6) is 0.588. The van der Waals surface area contributed by atoms with E-state index in [0.717, 1.165) is 5.56 Å². The van der Waals surface area contributed by atoms with Gasteiger partial charge in [0.25, 0.3) is 10.0 Å². The Balaban J connectivity index is 2.40. The van der Waals surface area contributed by atoms with Crippen LogP contribution in [-0.2, 0) is 16.4 Å². The van der Waals surface area contributed by atoms with E-state index in [1.165, 1.54) is 29.6 Å². The van der Waals surface area contributed by atoms with Gasteiger partial charge >= 0.3 is 0 Å². The van der Waals surface area contributed by atoms with Gasteiger partial charge in [0.05, 0.1) is 36.7 Å². The molecule has 0 saturated heterocycles. The van der Waals surface area contributed by atoms with E-state index in [-0.39, 0.29) is 17.9 Å². The number of nitrogens with zero attached hydrogens (tertiary/aromatic N) is 2. The van der Waals surface area contributed by atoms with Crippen molar-refractivity contribution in [1.29, 1.82) is 5.26 Å². The van der Waals surface area contributed by atoms with Gasteiger partial charge in [-0.3, -0.25) is 4.31 Å². The molecule has 0 fully saturated rings. The zero-order valence-electron chi connectivity index (χ0n) is 13.3. The number of methoxy groups -OCH3 is 1. The summed E-state index contributed by atoms with van der Waals surface area (Å²) in [6, 6.07) is 15.2. The summed E-state index contributed by atoms with van der Waals surface area (Å²) >= 11 is 0. The highest BCUT2D eigenvalue weighted by atomic mass is 32.2. The summed E-state index contributed by atoms with van der Waals surface area (Å²) in [6.45, 7) is 3.78. The molecule has 0 amide bonds. The number of sulfonamides is 1. The van der Waals surface area contributed by atoms with Crippen molar-refractivity contribution >= 4 is 15.7 Å². The molecule has 0 aliphatic carbocycles. The van der Waals surface area contributed by atoms with E-state index in [1.54, 1.807) is 36.4 Å². The van der Waals surface area contributed by atoms with Gasteiger partial charge in [0.1, 0.15) is 5.75 Å². The molecule has 0 aromatic heterocycles. The maximum absolute atomic E-state index is 12.9. The summed E-state index contributed by atoms with van der Waals surface area (Å²) in [5.41, 5.74) is 1.36. The second-order valence-electron chi connectivity index (χ2n) is 5.00. The Hall–Kier alpha value is -2.78. The number of nitriles is 1. The lowest BCUT2D eigenvalue weighted by atomic mass is 10.1. The molecule has 0 radical (unpaired) electrons. The largest absolute Gasteiger partial charge is 0.497 e. The van der Waals surface area contributed by atoms with E-state index >= 15 is 0 Å². The number of benzene rings is 2. The van der Waals surface area contributed by atoms with Crippen LogP contribution in [0.1, 0.15) is 5.56 Å². The highest BCUT2D eigenvalue weighted by molar-refractivity contribution is 7.92. The Morgan fingerprint density at radius 2 is 1.79 bits per heavy atom. The average molecular weight is 342 g/mol. The molecule has 2 aromatic carbocycles. The molecular formula is C18H18N2O3S. The fraction of sp³-hybridized carbons (Fsp3) is 0.167. The van der Waals surface area contributed by atoms with Gasteiger partial charge in [-0.05, 0) is 42.0 Å². The normalized spacial score (nSPS) is 10.7. The topological polar surface area (TPSA) is 70.4 Å². The first-order valence-corrected chi connectivity index (χ1v) is 8.70. The van der Waals surface area contributed by atoms with Gasteiger partial charge in [-0.25, -0.2) is 8.42 Å². The van der Waals surface area contributed by atoms with E-state index < -0.39 is 10.0 Å². The van der Waals surface area contributed by atoms with Gasteiger partial charge in [-0.15, -0.1) is 6.58 Å². The fourth-order valence-electron chi connectivity index (χ4n) is 2.21. The number of ether oxygens (including phenoxy) is 1. The van der Waals surface area contributed by atoms with E-state index in [0.29, 0.717) is 11.4 Å². The quantitative estimate of drug-likeness (QED) is 0.725. The maximum Gasteiger partial charge on any atom is 0.264 e. The molecule has 0 heterocycles. The fourth-order valence-corrected chi connectivity index (χ4v) is 3.64. The molecule has 0 spiro atoms. The van der Waals surface area contributed by atoms with Crippen LogP contribution >= 0.6 is 0 Å². The van der Waals surface area contributed by atoms with Gasteiger partial charge in [-0.2, -0.15) is 5.26 Å². The molecule has 0 atom stereocenters. The highest BCUT2D eigenvalue weighted by Crippen LogP contribution is 2.25. The molecule has 0 aliphatic heterocycles. The second-order valence-corrected chi connectivity index (χ2v) is 6.86. The molecule has 5 nitrogen and oxygen atoms in total. The molecule has 124 valence electrons. The smallest absolute Gasteiger partial charge is 0.264 e. The molecule has 0 aliphatic rings. The van der Waals surface area contributed by atoms with Crippen molar-refractivity contribution in [3.05, 3.63) is 66.7 Å². The summed E-state index contributed by atoms with van der Waals surface area (Å²) in [4.78, 5) is 0.172. The predicted molar refractivity (Wildman–Crippen MR) is 93.5 cm³/mol. The van der Waals surface area contributed by atoms with E-state index in [2.05, 4.69) is 12.6 Å². The first-order chi connectivity index (χ1) is 11.5. The summed E-state index contributed by atoms with van der Waals surface area (Å²) in [5, 5.41) is 8.72. The minimum Gasteiger partial charge on any atom is -0.497 e. The molecule has 24 heavy (non-hydrogen) atoms. The Kier molecular flexibility index (Phi) is 5.61. The molecule has 6 heteroatoms. The predicted octanol–water partition coefficient (Wildman–Crippen LogP) is 3.14. The van der Waals surface area contributed by atoms with Crippen LogP contribution in [0.25, 0.3) is 0 Å². The summed E-state index contributed by atoms with van der Waals surface area (Å²) in [7, 11) is -2.20. The monoisotopic (exact) mass is 342 g/mol. The number of anilines is 1. The zero-order chi connectivity index (χ0) is 17.6. The van der Waals surface area contributed by atoms with E-state index in [9.17, 15) is 8.42 Å². The third kappa shape index (κ3) is 3.76. The third-order valence-corrected chi connectivity index (χ3v) is 5.26. The van der Waals surface area contributed by atoms with Gasteiger partial charge in [0.15, 0.2) is 0 Å². The van der Waals surface area contributed by atoms with Gasteiger partial charge < -0.3 is 4.74 Å². The summed E-state index contributed by atoms with van der Waals surface area (Å²) < 4.78 is 32.2. The van der Waals surface area contributed by atoms with Crippen molar-refractivity contribution in [1.82, 2.24) is 0 Å². The van der Waals surface area contributed by atoms with Gasteiger partial charge in [0.2, 0.25) is 0 Å². The Morgan fingerprint density at radius 3 is 2.29 bits per heavy atom. The van der Waals surface area contributed by atoms with Crippen LogP contribution in [-0.4, -0.2) is 22.1 Å². The van der Waals surface area contributed by atoms with E-state index in [1.807, 2.05) is 0 Å². The average Bonchev–Trinajstić information content (AvgIpc) is 2.61. The van der Waals surface area contributed by atoms with E-state index in [4.69, 9.17) is 10.00 Å². The minimum absolute atomic E-state index is 0.145. The SMILES string of the molecule is C=CCN(c1ccc(CC#N)cc1)S(=O)(=O)c1ccc(OC)cc1. The lowest BCUT2D eigenvalue weighted by Gasteiger charge is -2.23. The van der Waals surface area contributed by atoms with Gasteiger partial charge in [0, 0.05) is 0 Å². The molecule has 2 aromatic rings. The minimum atomic E-state index is -3.72. The molecule has 0 bridgehead atoms. The van der Waals surface area contributed by atoms with Crippen LogP contribution < -0.4 is 9.04 Å². The van der Waals surface area contributed by atoms with Crippen molar-refractivity contribution in [3.63, 3.8) is 0 Å². The lowest BCUT2D eigenvalue weighted by Crippen LogP contribution is -2.31. The standard InChI is InChI=1S/C18H18N2O3S/c1-3-14-20(16-6-4-15(5-7-16)12-13-19)24(21,22)18-10-8-17(23-2)9-11-18/h3-11H,1,12,14H2,2H3. The van der Waals surface area contributed by atoms with Crippen LogP contribution in [0, 0.1) is 11.3 Å². The first-order valence-electron chi connectivity index (χ1n) is 7.26. The highest BCUT2D eigenvalue weighted by Gasteiger charge is 2.24. The maximum atomic E-state index is 12.9. The number of rotatable bonds is 7. The van der Waals surface area contributed by atoms with Crippen molar-refractivity contribution < 1.29 is 13.2 Å². The second kappa shape index (κ2) is 7.66. The van der Waals surface area contributed by atoms with Gasteiger partial charge in [-0.1, -0.05) is 18.2 Å². The molecule has 2 rings (SSSR count). The van der Waals surface area contributed by atoms with Crippen LogP contribution in [0.3, 0.4) is 0 Å². The van der Waals surface area contributed by atoms with Crippen LogP contribution in [0.5, 0.6) is 5.75 Å². The first kappa shape index (κ1) is 17.6. The molecule has 0 unspecified atom stereocenters. The Labute approximate surface area is 142 Å². The molecule has 0 saturated carbocycles. The zero-order valence-corrected chi connectivity index (χ0v) is 14.2. The van der Waals surface area contributed by atoms with Crippen LogP contribution in [0.2, 0.25) is 0 Å². The third-order valence-electron chi connectivity index (χ3n) is 3.45.